The Hall–Kier alpha value is -0.0265. The van der Waals surface area contributed by atoms with E-state index in [0.717, 1.165) is 0 Å². The maximum absolute atomic E-state index is 2.37. The maximum atomic E-state index is 2.37. The van der Waals surface area contributed by atoms with E-state index in [1.54, 1.807) is 0 Å². The van der Waals surface area contributed by atoms with E-state index in [-0.39, 0.29) is 29.3 Å². The Kier molecular flexibility index (Phi) is 10.8. The second-order valence-electron chi connectivity index (χ2n) is 5.17. The second kappa shape index (κ2) is 8.12. The van der Waals surface area contributed by atoms with Crippen molar-refractivity contribution in [2.75, 3.05) is 0 Å². The van der Waals surface area contributed by atoms with Gasteiger partial charge in [0.2, 0.25) is 0 Å². The van der Waals surface area contributed by atoms with Crippen LogP contribution in [-0.4, -0.2) is 0 Å². The topological polar surface area (TPSA) is 0 Å². The van der Waals surface area contributed by atoms with Gasteiger partial charge in [-0.15, -0.1) is 27.7 Å². The van der Waals surface area contributed by atoms with Crippen molar-refractivity contribution in [2.24, 2.45) is 5.41 Å². The molecule has 0 aliphatic heterocycles. The van der Waals surface area contributed by atoms with Gasteiger partial charge in [0.25, 0.3) is 0 Å². The molecule has 0 rings (SSSR count). The zero-order chi connectivity index (χ0) is 11.5. The molecule has 0 radical (unpaired) electrons. The van der Waals surface area contributed by atoms with E-state index in [1.807, 2.05) is 0 Å². The van der Waals surface area contributed by atoms with Crippen molar-refractivity contribution in [2.45, 2.75) is 55.4 Å². The molecule has 0 N–H and O–H groups in total. The van der Waals surface area contributed by atoms with Crippen LogP contribution >= 0.6 is 0 Å². The van der Waals surface area contributed by atoms with E-state index in [9.17, 15) is 0 Å². The van der Waals surface area contributed by atoms with Crippen LogP contribution in [0.25, 0.3) is 0 Å². The molecule has 0 amide bonds. The fourth-order valence-electron chi connectivity index (χ4n) is 1.19. The summed E-state index contributed by atoms with van der Waals surface area (Å²) in [6.07, 6.45) is 2.37. The second-order valence-corrected chi connectivity index (χ2v) is 5.17. The average molecular weight is 267 g/mol. The summed E-state index contributed by atoms with van der Waals surface area (Å²) in [5.74, 6) is 2.86. The third-order valence-corrected chi connectivity index (χ3v) is 3.21. The molecule has 0 saturated heterocycles. The molecule has 0 bridgehead atoms. The Morgan fingerprint density at radius 2 is 1.38 bits per heavy atom. The Balaban J connectivity index is -0.000000845. The van der Waals surface area contributed by atoms with Gasteiger partial charge < -0.3 is 36.8 Å². The van der Waals surface area contributed by atoms with Gasteiger partial charge in [0, 0.05) is 16.5 Å². The Morgan fingerprint density at radius 1 is 1.00 bits per heavy atom. The van der Waals surface area contributed by atoms with Gasteiger partial charge in [-0.25, -0.2) is 5.41 Å². The van der Waals surface area contributed by atoms with Gasteiger partial charge in [0.1, 0.15) is 0 Å². The van der Waals surface area contributed by atoms with Gasteiger partial charge >= 0.3 is 0 Å². The summed E-state index contributed by atoms with van der Waals surface area (Å²) in [7, 11) is 0. The van der Waals surface area contributed by atoms with Crippen molar-refractivity contribution < 1.29 is 16.5 Å². The minimum absolute atomic E-state index is 0. The normalized spacial score (nSPS) is 12.3. The van der Waals surface area contributed by atoms with Gasteiger partial charge in [-0.05, 0) is 0 Å². The third-order valence-electron chi connectivity index (χ3n) is 3.21. The Bertz CT molecular complexity index is 209. The molecule has 0 saturated carbocycles. The first kappa shape index (κ1) is 21.3. The minimum atomic E-state index is 0. The van der Waals surface area contributed by atoms with Crippen molar-refractivity contribution >= 4 is 0 Å². The molecule has 1 heteroatoms. The molecule has 0 fully saturated rings. The van der Waals surface area contributed by atoms with E-state index < -0.39 is 0 Å². The maximum Gasteiger partial charge on any atom is 0 e. The zero-order valence-corrected chi connectivity index (χ0v) is 13.4. The van der Waals surface area contributed by atoms with Crippen LogP contribution < -0.4 is 0 Å². The smallest absolute Gasteiger partial charge is 0 e. The minimum Gasteiger partial charge on any atom is -0.366 e. The van der Waals surface area contributed by atoms with Crippen LogP contribution in [0.5, 0.6) is 0 Å². The van der Waals surface area contributed by atoms with Crippen LogP contribution in [0.1, 0.15) is 55.4 Å². The molecule has 0 aromatic heterocycles. The fraction of sp³-hybridized carbons (Fsp3) is 0.600. The summed E-state index contributed by atoms with van der Waals surface area (Å²) in [6.45, 7) is 17.7. The quantitative estimate of drug-likeness (QED) is 0.483. The standard InChI is InChI=1S/C14H25.CH3.Ni/c1-10(2)13(6)12(5)9-14(7,8)11(3)4;;/h9H,1-8H3;1H3;/q-3;-1;/b13-12-;;. The van der Waals surface area contributed by atoms with E-state index in [0.29, 0.717) is 0 Å². The summed E-state index contributed by atoms with van der Waals surface area (Å²) in [5.41, 5.74) is 3.02. The molecule has 0 aromatic rings. The van der Waals surface area contributed by atoms with Crippen LogP contribution in [0.2, 0.25) is 0 Å². The average Bonchev–Trinajstić information content (AvgIpc) is 2.01. The first-order chi connectivity index (χ1) is 6.18. The van der Waals surface area contributed by atoms with Crippen molar-refractivity contribution in [3.8, 4) is 0 Å². The molecule has 0 aromatic carbocycles. The van der Waals surface area contributed by atoms with Crippen molar-refractivity contribution in [1.82, 2.24) is 0 Å². The third kappa shape index (κ3) is 6.53. The van der Waals surface area contributed by atoms with Gasteiger partial charge in [0.15, 0.2) is 0 Å². The molecule has 0 aliphatic carbocycles. The number of hydrogen-bond donors (Lipinski definition) is 0. The van der Waals surface area contributed by atoms with E-state index in [2.05, 4.69) is 61.8 Å². The summed E-state index contributed by atoms with van der Waals surface area (Å²) in [4.78, 5) is 0. The Labute approximate surface area is 114 Å². The number of allylic oxidation sites excluding steroid dienone is 2. The van der Waals surface area contributed by atoms with Crippen molar-refractivity contribution in [3.63, 3.8) is 0 Å². The Morgan fingerprint density at radius 3 is 1.62 bits per heavy atom. The molecule has 0 heterocycles. The van der Waals surface area contributed by atoms with Gasteiger partial charge in [0.05, 0.1) is 0 Å². The SMILES string of the molecule is C/C([CH-]C(C)(C)[C-](C)C)=C(\C)[C-](C)C.[CH3-].[Ni]. The molecule has 0 aliphatic rings. The molecule has 0 nitrogen and oxygen atoms in total. The van der Waals surface area contributed by atoms with Crippen LogP contribution in [0.3, 0.4) is 0 Å². The molecule has 0 atom stereocenters. The molecule has 16 heavy (non-hydrogen) atoms. The molecule has 102 valence electrons. The molecule has 0 unspecified atom stereocenters. The summed E-state index contributed by atoms with van der Waals surface area (Å²) < 4.78 is 0. The number of hydrogen-bond acceptors (Lipinski definition) is 0. The van der Waals surface area contributed by atoms with Crippen LogP contribution in [-0.2, 0) is 16.5 Å². The van der Waals surface area contributed by atoms with E-state index >= 15 is 0 Å². The van der Waals surface area contributed by atoms with Gasteiger partial charge in [-0.2, -0.15) is 13.8 Å². The molecule has 0 spiro atoms. The number of rotatable bonds is 4. The van der Waals surface area contributed by atoms with Crippen LogP contribution in [0.15, 0.2) is 11.1 Å². The molecular weight excluding hydrogens is 239 g/mol. The summed E-state index contributed by atoms with van der Waals surface area (Å²) in [5, 5.41) is 0. The fourth-order valence-corrected chi connectivity index (χ4v) is 1.19. The van der Waals surface area contributed by atoms with E-state index in [4.69, 9.17) is 0 Å². The van der Waals surface area contributed by atoms with Gasteiger partial charge in [-0.1, -0.05) is 13.8 Å². The van der Waals surface area contributed by atoms with Crippen LogP contribution in [0, 0.1) is 31.1 Å². The van der Waals surface area contributed by atoms with E-state index in [1.165, 1.54) is 23.0 Å². The van der Waals surface area contributed by atoms with Gasteiger partial charge in [-0.3, -0.25) is 0 Å². The first-order valence-electron chi connectivity index (χ1n) is 5.33. The zero-order valence-electron chi connectivity index (χ0n) is 12.4. The van der Waals surface area contributed by atoms with Crippen LogP contribution in [0.4, 0.5) is 0 Å². The van der Waals surface area contributed by atoms with Crippen molar-refractivity contribution in [1.29, 1.82) is 0 Å². The molecular formula is C15H28Ni-4. The van der Waals surface area contributed by atoms with Crippen molar-refractivity contribution in [3.05, 3.63) is 36.8 Å². The monoisotopic (exact) mass is 266 g/mol. The summed E-state index contributed by atoms with van der Waals surface area (Å²) >= 11 is 0. The summed E-state index contributed by atoms with van der Waals surface area (Å²) in [6, 6.07) is 0. The largest absolute Gasteiger partial charge is 0.366 e. The first-order valence-corrected chi connectivity index (χ1v) is 5.33. The predicted molar refractivity (Wildman–Crippen MR) is 72.1 cm³/mol. The predicted octanol–water partition coefficient (Wildman–Crippen LogP) is 5.23.